The van der Waals surface area contributed by atoms with E-state index in [0.717, 1.165) is 0 Å². The summed E-state index contributed by atoms with van der Waals surface area (Å²) in [5, 5.41) is 0. The summed E-state index contributed by atoms with van der Waals surface area (Å²) >= 11 is 0. The van der Waals surface area contributed by atoms with E-state index in [0.29, 0.717) is 11.3 Å². The van der Waals surface area contributed by atoms with Crippen LogP contribution >= 0.6 is 0 Å². The van der Waals surface area contributed by atoms with E-state index < -0.39 is 25.0 Å². The maximum Gasteiger partial charge on any atom is 0.330 e. The van der Waals surface area contributed by atoms with Crippen LogP contribution in [0, 0.1) is 0 Å². The minimum absolute atomic E-state index is 0.259. The fraction of sp³-hybridized carbons (Fsp3) is 0.500. The minimum atomic E-state index is -4.17. The second kappa shape index (κ2) is 7.41. The van der Waals surface area contributed by atoms with Gasteiger partial charge in [0.15, 0.2) is 0 Å². The lowest BCUT2D eigenvalue weighted by Crippen LogP contribution is -2.36. The normalized spacial score (nSPS) is 13.6. The quantitative estimate of drug-likeness (QED) is 0.438. The third-order valence-electron chi connectivity index (χ3n) is 2.62. The van der Waals surface area contributed by atoms with Crippen molar-refractivity contribution in [1.29, 1.82) is 0 Å². The van der Waals surface area contributed by atoms with Crippen molar-refractivity contribution >= 4 is 0 Å². The molecule has 0 fully saturated rings. The Balaban J connectivity index is 2.54. The highest BCUT2D eigenvalue weighted by Gasteiger charge is 2.41. The van der Waals surface area contributed by atoms with Gasteiger partial charge in [0, 0.05) is 0 Å². The van der Waals surface area contributed by atoms with Crippen molar-refractivity contribution in [3.63, 3.8) is 0 Å². The Morgan fingerprint density at radius 2 is 1.85 bits per heavy atom. The summed E-state index contributed by atoms with van der Waals surface area (Å²) in [7, 11) is 1.50. The summed E-state index contributed by atoms with van der Waals surface area (Å²) in [6.45, 7) is -1.62. The van der Waals surface area contributed by atoms with Gasteiger partial charge in [-0.25, -0.2) is 8.78 Å². The van der Waals surface area contributed by atoms with Crippen LogP contribution in [0.2, 0.25) is 0 Å². The van der Waals surface area contributed by atoms with Gasteiger partial charge in [-0.2, -0.15) is 8.78 Å². The van der Waals surface area contributed by atoms with Gasteiger partial charge in [0.05, 0.1) is 19.8 Å². The molecular weight excluding hydrogens is 280 g/mol. The van der Waals surface area contributed by atoms with Crippen molar-refractivity contribution in [2.24, 2.45) is 5.84 Å². The fourth-order valence-corrected chi connectivity index (χ4v) is 1.45. The average molecular weight is 296 g/mol. The predicted molar refractivity (Wildman–Crippen MR) is 64.8 cm³/mol. The molecule has 8 heteroatoms. The van der Waals surface area contributed by atoms with Crippen molar-refractivity contribution in [3.05, 3.63) is 29.8 Å². The number of nitrogens with two attached hydrogens (primary N) is 1. The van der Waals surface area contributed by atoms with Crippen LogP contribution in [0.3, 0.4) is 0 Å². The third kappa shape index (κ3) is 4.62. The first-order valence-electron chi connectivity index (χ1n) is 5.74. The highest BCUT2D eigenvalue weighted by molar-refractivity contribution is 5.29. The molecule has 1 aromatic carbocycles. The van der Waals surface area contributed by atoms with E-state index >= 15 is 0 Å². The van der Waals surface area contributed by atoms with Gasteiger partial charge in [0.2, 0.25) is 0 Å². The molecule has 0 saturated carbocycles. The molecule has 0 aromatic heterocycles. The first-order chi connectivity index (χ1) is 9.40. The van der Waals surface area contributed by atoms with Crippen LogP contribution in [0.5, 0.6) is 5.75 Å². The monoisotopic (exact) mass is 296 g/mol. The van der Waals surface area contributed by atoms with Crippen LogP contribution in [0.4, 0.5) is 17.6 Å². The van der Waals surface area contributed by atoms with E-state index in [1.54, 1.807) is 24.3 Å². The summed E-state index contributed by atoms with van der Waals surface area (Å²) in [4.78, 5) is 0. The summed E-state index contributed by atoms with van der Waals surface area (Å²) < 4.78 is 58.8. The van der Waals surface area contributed by atoms with Crippen LogP contribution in [-0.4, -0.2) is 32.7 Å². The van der Waals surface area contributed by atoms with Gasteiger partial charge in [-0.05, 0) is 17.7 Å². The number of halogens is 4. The number of hydrogen-bond donors (Lipinski definition) is 2. The predicted octanol–water partition coefficient (Wildman–Crippen LogP) is 2.12. The van der Waals surface area contributed by atoms with E-state index in [2.05, 4.69) is 10.2 Å². The largest absolute Gasteiger partial charge is 0.497 e. The van der Waals surface area contributed by atoms with Gasteiger partial charge in [-0.15, -0.1) is 0 Å². The molecule has 1 rings (SSSR count). The topological polar surface area (TPSA) is 56.5 Å². The summed E-state index contributed by atoms with van der Waals surface area (Å²) in [6.07, 6.45) is -3.76. The molecule has 114 valence electrons. The van der Waals surface area contributed by atoms with Gasteiger partial charge in [0.25, 0.3) is 0 Å². The molecule has 0 spiro atoms. The molecule has 0 amide bonds. The molecule has 0 aliphatic rings. The molecule has 0 heterocycles. The average Bonchev–Trinajstić information content (AvgIpc) is 2.43. The van der Waals surface area contributed by atoms with Crippen LogP contribution in [0.15, 0.2) is 24.3 Å². The Bertz CT molecular complexity index is 401. The first kappa shape index (κ1) is 16.7. The molecule has 0 aliphatic carbocycles. The molecule has 0 saturated heterocycles. The minimum Gasteiger partial charge on any atom is -0.497 e. The zero-order chi connectivity index (χ0) is 15.2. The van der Waals surface area contributed by atoms with E-state index in [9.17, 15) is 17.6 Å². The SMILES string of the molecule is COc1ccc(C(COCC(F)(F)C(F)F)NN)cc1. The standard InChI is InChI=1S/C12H16F4N2O2/c1-19-9-4-2-8(3-5-9)10(18-17)6-20-7-12(15,16)11(13)14/h2-5,10-11,18H,6-7,17H2,1H3. The van der Waals surface area contributed by atoms with E-state index in [1.807, 2.05) is 0 Å². The summed E-state index contributed by atoms with van der Waals surface area (Å²) in [5.74, 6) is 1.74. The molecule has 0 aliphatic heterocycles. The lowest BCUT2D eigenvalue weighted by Gasteiger charge is -2.20. The maximum absolute atomic E-state index is 12.7. The van der Waals surface area contributed by atoms with Crippen LogP contribution < -0.4 is 16.0 Å². The third-order valence-corrected chi connectivity index (χ3v) is 2.62. The highest BCUT2D eigenvalue weighted by atomic mass is 19.3. The Kier molecular flexibility index (Phi) is 6.18. The van der Waals surface area contributed by atoms with Gasteiger partial charge in [-0.1, -0.05) is 12.1 Å². The Labute approximate surface area is 113 Å². The summed E-state index contributed by atoms with van der Waals surface area (Å²) in [5.41, 5.74) is 3.03. The lowest BCUT2D eigenvalue weighted by atomic mass is 10.1. The van der Waals surface area contributed by atoms with Crippen LogP contribution in [-0.2, 0) is 4.74 Å². The number of hydrogen-bond acceptors (Lipinski definition) is 4. The number of alkyl halides is 4. The molecule has 20 heavy (non-hydrogen) atoms. The Hall–Kier alpha value is -1.38. The second-order valence-corrected chi connectivity index (χ2v) is 4.07. The van der Waals surface area contributed by atoms with Crippen LogP contribution in [0.1, 0.15) is 11.6 Å². The zero-order valence-electron chi connectivity index (χ0n) is 10.8. The Morgan fingerprint density at radius 1 is 1.25 bits per heavy atom. The fourth-order valence-electron chi connectivity index (χ4n) is 1.45. The van der Waals surface area contributed by atoms with E-state index in [4.69, 9.17) is 10.6 Å². The Morgan fingerprint density at radius 3 is 2.30 bits per heavy atom. The first-order valence-corrected chi connectivity index (χ1v) is 5.74. The van der Waals surface area contributed by atoms with Crippen molar-refractivity contribution in [3.8, 4) is 5.75 Å². The highest BCUT2D eigenvalue weighted by Crippen LogP contribution is 2.24. The molecule has 3 N–H and O–H groups in total. The van der Waals surface area contributed by atoms with Crippen molar-refractivity contribution in [2.75, 3.05) is 20.3 Å². The smallest absolute Gasteiger partial charge is 0.330 e. The molecule has 1 unspecified atom stereocenters. The molecule has 1 atom stereocenters. The van der Waals surface area contributed by atoms with E-state index in [1.165, 1.54) is 7.11 Å². The van der Waals surface area contributed by atoms with Gasteiger partial charge >= 0.3 is 12.3 Å². The van der Waals surface area contributed by atoms with Crippen molar-refractivity contribution in [2.45, 2.75) is 18.4 Å². The van der Waals surface area contributed by atoms with Gasteiger partial charge in [-0.3, -0.25) is 11.3 Å². The van der Waals surface area contributed by atoms with Crippen LogP contribution in [0.25, 0.3) is 0 Å². The second-order valence-electron chi connectivity index (χ2n) is 4.07. The summed E-state index contributed by atoms with van der Waals surface area (Å²) in [6, 6.07) is 6.06. The lowest BCUT2D eigenvalue weighted by molar-refractivity contribution is -0.167. The zero-order valence-corrected chi connectivity index (χ0v) is 10.8. The molecule has 4 nitrogen and oxygen atoms in total. The number of rotatable bonds is 8. The number of ether oxygens (including phenoxy) is 2. The molecule has 0 radical (unpaired) electrons. The number of benzene rings is 1. The number of hydrazine groups is 1. The van der Waals surface area contributed by atoms with E-state index in [-0.39, 0.29) is 6.61 Å². The van der Waals surface area contributed by atoms with Crippen molar-refractivity contribution < 1.29 is 27.0 Å². The van der Waals surface area contributed by atoms with Crippen molar-refractivity contribution in [1.82, 2.24) is 5.43 Å². The van der Waals surface area contributed by atoms with Gasteiger partial charge < -0.3 is 9.47 Å². The molecule has 0 bridgehead atoms. The molecular formula is C12H16F4N2O2. The number of nitrogens with one attached hydrogen (secondary N) is 1. The molecule has 1 aromatic rings. The number of methoxy groups -OCH3 is 1. The van der Waals surface area contributed by atoms with Gasteiger partial charge in [0.1, 0.15) is 12.4 Å². The maximum atomic E-state index is 12.7.